The van der Waals surface area contributed by atoms with Gasteiger partial charge in [-0.1, -0.05) is 17.8 Å². The summed E-state index contributed by atoms with van der Waals surface area (Å²) in [5, 5.41) is 33.6. The molecule has 2 heterocycles. The molecule has 0 saturated carbocycles. The lowest BCUT2D eigenvalue weighted by molar-refractivity contribution is -0.301. The largest absolute Gasteiger partial charge is 0.549 e. The van der Waals surface area contributed by atoms with Crippen molar-refractivity contribution in [3.63, 3.8) is 0 Å². The van der Waals surface area contributed by atoms with E-state index >= 15 is 0 Å². The number of phenolic OH excluding ortho intramolecular Hbond substituents is 1. The van der Waals surface area contributed by atoms with Crippen molar-refractivity contribution in [1.29, 1.82) is 0 Å². The van der Waals surface area contributed by atoms with Gasteiger partial charge in [-0.2, -0.15) is 9.78 Å². The Morgan fingerprint density at radius 3 is 2.93 bits per heavy atom. The van der Waals surface area contributed by atoms with Gasteiger partial charge in [-0.15, -0.1) is 10.2 Å². The van der Waals surface area contributed by atoms with Crippen molar-refractivity contribution >= 4 is 23.9 Å². The molecule has 0 unspecified atom stereocenters. The first kappa shape index (κ1) is 18.5. The van der Waals surface area contributed by atoms with Crippen molar-refractivity contribution in [2.24, 2.45) is 5.10 Å². The molecule has 3 rings (SSSR count). The van der Waals surface area contributed by atoms with Crippen molar-refractivity contribution in [3.8, 4) is 22.9 Å². The first-order valence-electron chi connectivity index (χ1n) is 7.74. The Kier molecular flexibility index (Phi) is 5.46. The Morgan fingerprint density at radius 2 is 2.26 bits per heavy atom. The first-order chi connectivity index (χ1) is 13.0. The Bertz CT molecular complexity index is 995. The van der Waals surface area contributed by atoms with Crippen LogP contribution in [0.5, 0.6) is 11.5 Å². The molecule has 0 aliphatic carbocycles. The van der Waals surface area contributed by atoms with Crippen LogP contribution in [-0.2, 0) is 4.79 Å². The van der Waals surface area contributed by atoms with Crippen molar-refractivity contribution in [2.75, 3.05) is 12.9 Å². The smallest absolute Gasteiger partial charge is 0.212 e. The van der Waals surface area contributed by atoms with Crippen LogP contribution in [0.4, 0.5) is 0 Å². The van der Waals surface area contributed by atoms with E-state index in [1.54, 1.807) is 31.2 Å². The number of benzene rings is 1. The van der Waals surface area contributed by atoms with Crippen LogP contribution in [0.25, 0.3) is 11.4 Å². The van der Waals surface area contributed by atoms with E-state index in [2.05, 4.69) is 15.3 Å². The molecule has 10 heteroatoms. The molecule has 0 bridgehead atoms. The van der Waals surface area contributed by atoms with E-state index in [9.17, 15) is 15.0 Å². The predicted octanol–water partition coefficient (Wildman–Crippen LogP) is 1.28. The number of aromatic nitrogens is 3. The normalized spacial score (nSPS) is 11.2. The monoisotopic (exact) mass is 387 g/mol. The molecule has 3 aromatic rings. The van der Waals surface area contributed by atoms with E-state index in [1.807, 2.05) is 0 Å². The number of hydrogen-bond donors (Lipinski definition) is 1. The standard InChI is InChI=1S/C17H16N4O5S/c1-10-12(6-7-26-10)16-19-20-17(27-9-14(22)23)21(16)18-8-11-4-3-5-13(25-2)15(11)24/h3-8,24H,9H2,1-2H3,(H,22,23)/p-1/b18-8+. The number of aryl methyl sites for hydroxylation is 1. The molecule has 1 N–H and O–H groups in total. The highest BCUT2D eigenvalue weighted by molar-refractivity contribution is 7.99. The number of rotatable bonds is 7. The zero-order chi connectivity index (χ0) is 19.4. The van der Waals surface area contributed by atoms with Crippen molar-refractivity contribution < 1.29 is 24.2 Å². The second-order valence-electron chi connectivity index (χ2n) is 5.31. The highest BCUT2D eigenvalue weighted by Gasteiger charge is 2.17. The van der Waals surface area contributed by atoms with Crippen LogP contribution in [0, 0.1) is 6.92 Å². The van der Waals surface area contributed by atoms with Gasteiger partial charge in [0, 0.05) is 11.3 Å². The molecule has 0 aliphatic rings. The third-order valence-electron chi connectivity index (χ3n) is 3.59. The maximum absolute atomic E-state index is 10.8. The van der Waals surface area contributed by atoms with E-state index in [0.717, 1.165) is 11.8 Å². The van der Waals surface area contributed by atoms with Gasteiger partial charge in [-0.3, -0.25) is 0 Å². The molecule has 0 aliphatic heterocycles. The van der Waals surface area contributed by atoms with E-state index in [-0.39, 0.29) is 16.7 Å². The molecule has 2 aromatic heterocycles. The summed E-state index contributed by atoms with van der Waals surface area (Å²) in [5.74, 6) is -0.310. The molecule has 140 valence electrons. The summed E-state index contributed by atoms with van der Waals surface area (Å²) in [5.41, 5.74) is 1.07. The lowest BCUT2D eigenvalue weighted by Gasteiger charge is -2.06. The van der Waals surface area contributed by atoms with Crippen LogP contribution >= 0.6 is 11.8 Å². The lowest BCUT2D eigenvalue weighted by Crippen LogP contribution is -2.24. The maximum Gasteiger partial charge on any atom is 0.212 e. The predicted molar refractivity (Wildman–Crippen MR) is 95.8 cm³/mol. The van der Waals surface area contributed by atoms with Crippen LogP contribution < -0.4 is 9.84 Å². The SMILES string of the molecule is COc1cccc(/C=N/n2c(SCC(=O)[O-])nnc2-c2ccoc2C)c1O. The summed E-state index contributed by atoms with van der Waals surface area (Å²) < 4.78 is 11.8. The summed E-state index contributed by atoms with van der Waals surface area (Å²) in [6, 6.07) is 6.69. The third-order valence-corrected chi connectivity index (χ3v) is 4.49. The zero-order valence-corrected chi connectivity index (χ0v) is 15.3. The molecule has 0 radical (unpaired) electrons. The minimum Gasteiger partial charge on any atom is -0.549 e. The van der Waals surface area contributed by atoms with E-state index < -0.39 is 5.97 Å². The van der Waals surface area contributed by atoms with Gasteiger partial charge in [0.15, 0.2) is 17.3 Å². The second kappa shape index (κ2) is 7.96. The van der Waals surface area contributed by atoms with Gasteiger partial charge in [0.2, 0.25) is 5.16 Å². The average molecular weight is 387 g/mol. The number of phenols is 1. The molecular weight excluding hydrogens is 372 g/mol. The Hall–Kier alpha value is -3.27. The fourth-order valence-corrected chi connectivity index (χ4v) is 2.90. The molecule has 0 saturated heterocycles. The number of ether oxygens (including phenoxy) is 1. The van der Waals surface area contributed by atoms with Crippen LogP contribution in [0.1, 0.15) is 11.3 Å². The number of carbonyl (C=O) groups excluding carboxylic acids is 1. The number of nitrogens with zero attached hydrogens (tertiary/aromatic N) is 4. The zero-order valence-electron chi connectivity index (χ0n) is 14.4. The number of thioether (sulfide) groups is 1. The number of para-hydroxylation sites is 1. The fourth-order valence-electron chi connectivity index (χ4n) is 2.30. The van der Waals surface area contributed by atoms with Gasteiger partial charge in [0.1, 0.15) is 5.76 Å². The Morgan fingerprint density at radius 1 is 1.44 bits per heavy atom. The van der Waals surface area contributed by atoms with E-state index in [1.165, 1.54) is 24.3 Å². The Labute approximate surface area is 158 Å². The van der Waals surface area contributed by atoms with Crippen LogP contribution in [0.15, 0.2) is 45.2 Å². The number of carboxylic acids is 1. The van der Waals surface area contributed by atoms with Crippen LogP contribution in [0.2, 0.25) is 0 Å². The topological polar surface area (TPSA) is 126 Å². The molecule has 0 amide bonds. The van der Waals surface area contributed by atoms with Gasteiger partial charge in [0.25, 0.3) is 0 Å². The molecule has 0 atom stereocenters. The number of aliphatic carboxylic acids is 1. The third kappa shape index (κ3) is 3.95. The number of carbonyl (C=O) groups is 1. The van der Waals surface area contributed by atoms with Crippen LogP contribution in [0.3, 0.4) is 0 Å². The highest BCUT2D eigenvalue weighted by Crippen LogP contribution is 2.29. The highest BCUT2D eigenvalue weighted by atomic mass is 32.2. The molecular formula is C17H15N4O5S-. The summed E-state index contributed by atoms with van der Waals surface area (Å²) >= 11 is 0.922. The lowest BCUT2D eigenvalue weighted by atomic mass is 10.2. The Balaban J connectivity index is 2.03. The van der Waals surface area contributed by atoms with Crippen molar-refractivity contribution in [1.82, 2.24) is 14.9 Å². The summed E-state index contributed by atoms with van der Waals surface area (Å²) in [6.07, 6.45) is 2.92. The number of hydrogen-bond acceptors (Lipinski definition) is 9. The average Bonchev–Trinajstić information content (AvgIpc) is 3.24. The second-order valence-corrected chi connectivity index (χ2v) is 6.25. The minimum atomic E-state index is -1.23. The summed E-state index contributed by atoms with van der Waals surface area (Å²) in [6.45, 7) is 1.76. The molecule has 27 heavy (non-hydrogen) atoms. The summed E-state index contributed by atoms with van der Waals surface area (Å²) in [4.78, 5) is 10.8. The molecule has 0 spiro atoms. The molecule has 0 fully saturated rings. The number of aromatic hydroxyl groups is 1. The van der Waals surface area contributed by atoms with Gasteiger partial charge >= 0.3 is 0 Å². The maximum atomic E-state index is 10.8. The summed E-state index contributed by atoms with van der Waals surface area (Å²) in [7, 11) is 1.45. The fraction of sp³-hybridized carbons (Fsp3) is 0.176. The van der Waals surface area contributed by atoms with E-state index in [4.69, 9.17) is 9.15 Å². The first-order valence-corrected chi connectivity index (χ1v) is 8.72. The van der Waals surface area contributed by atoms with Crippen molar-refractivity contribution in [3.05, 3.63) is 41.9 Å². The van der Waals surface area contributed by atoms with Gasteiger partial charge in [-0.05, 0) is 25.1 Å². The van der Waals surface area contributed by atoms with Gasteiger partial charge < -0.3 is 24.2 Å². The van der Waals surface area contributed by atoms with Gasteiger partial charge in [-0.25, -0.2) is 0 Å². The number of carboxylic acid groups (broad SMARTS) is 1. The van der Waals surface area contributed by atoms with E-state index in [0.29, 0.717) is 28.5 Å². The quantitative estimate of drug-likeness (QED) is 0.475. The van der Waals surface area contributed by atoms with Gasteiger partial charge in [0.05, 0.1) is 31.1 Å². The number of methoxy groups -OCH3 is 1. The molecule has 9 nitrogen and oxygen atoms in total. The number of furan rings is 1. The molecule has 1 aromatic carbocycles. The van der Waals surface area contributed by atoms with Crippen molar-refractivity contribution in [2.45, 2.75) is 12.1 Å². The van der Waals surface area contributed by atoms with Crippen LogP contribution in [-0.4, -0.2) is 45.0 Å². The minimum absolute atomic E-state index is 0.0678.